The van der Waals surface area contributed by atoms with Gasteiger partial charge in [-0.05, 0) is 5.75 Å². The molecule has 0 aromatic heterocycles. The maximum absolute atomic E-state index is 4.78. The van der Waals surface area contributed by atoms with Gasteiger partial charge in [0.2, 0.25) is 0 Å². The zero-order valence-corrected chi connectivity index (χ0v) is 9.69. The first kappa shape index (κ1) is 12.6. The van der Waals surface area contributed by atoms with E-state index in [1.807, 2.05) is 18.2 Å². The first-order chi connectivity index (χ1) is 5.54. The smallest absolute Gasteiger partial charge is 0.683 e. The molecule has 1 aromatic rings. The van der Waals surface area contributed by atoms with Gasteiger partial charge in [-0.1, -0.05) is 26.2 Å². The SMILES string of the molecule is [CH2-]Oc1[c-]cc(C(C)(C)C)cc1.[V+2]. The average molecular weight is 213 g/mol. The van der Waals surface area contributed by atoms with Gasteiger partial charge in [-0.3, -0.25) is 0 Å². The van der Waals surface area contributed by atoms with Gasteiger partial charge in [0.25, 0.3) is 0 Å². The molecule has 0 atom stereocenters. The Kier molecular flexibility index (Phi) is 4.59. The summed E-state index contributed by atoms with van der Waals surface area (Å²) < 4.78 is 4.78. The quantitative estimate of drug-likeness (QED) is 0.651. The van der Waals surface area contributed by atoms with Crippen molar-refractivity contribution in [3.05, 3.63) is 36.9 Å². The van der Waals surface area contributed by atoms with Crippen molar-refractivity contribution in [2.75, 3.05) is 0 Å². The Morgan fingerprint density at radius 1 is 1.31 bits per heavy atom. The van der Waals surface area contributed by atoms with Gasteiger partial charge in [-0.15, -0.1) is 12.1 Å². The standard InChI is InChI=1S/C11H14O.V/c1-11(2,3)9-5-7-10(12-4)8-6-9;/h5-7H,4H2,1-3H3;/q-2;+2. The van der Waals surface area contributed by atoms with Crippen molar-refractivity contribution in [3.63, 3.8) is 0 Å². The van der Waals surface area contributed by atoms with Gasteiger partial charge in [-0.25, -0.2) is 0 Å². The predicted octanol–water partition coefficient (Wildman–Crippen LogP) is 2.95. The summed E-state index contributed by atoms with van der Waals surface area (Å²) in [4.78, 5) is 0. The summed E-state index contributed by atoms with van der Waals surface area (Å²) in [6.45, 7) is 6.50. The van der Waals surface area contributed by atoms with E-state index in [9.17, 15) is 0 Å². The summed E-state index contributed by atoms with van der Waals surface area (Å²) in [6, 6.07) is 8.87. The topological polar surface area (TPSA) is 9.23 Å². The Hall–Kier alpha value is -0.396. The molecule has 0 fully saturated rings. The third-order valence-electron chi connectivity index (χ3n) is 1.81. The van der Waals surface area contributed by atoms with Crippen LogP contribution < -0.4 is 4.74 Å². The minimum Gasteiger partial charge on any atom is -0.683 e. The van der Waals surface area contributed by atoms with E-state index in [2.05, 4.69) is 33.9 Å². The summed E-state index contributed by atoms with van der Waals surface area (Å²) in [5, 5.41) is 0. The fraction of sp³-hybridized carbons (Fsp3) is 0.364. The average Bonchev–Trinajstić information content (AvgIpc) is 2.03. The number of benzene rings is 1. The zero-order chi connectivity index (χ0) is 9.19. The Balaban J connectivity index is 0.00000144. The summed E-state index contributed by atoms with van der Waals surface area (Å²) in [5.74, 6) is 0.683. The summed E-state index contributed by atoms with van der Waals surface area (Å²) in [6.07, 6.45) is 0. The molecule has 0 aliphatic heterocycles. The normalized spacial score (nSPS) is 10.5. The number of ether oxygens (including phenoxy) is 1. The summed E-state index contributed by atoms with van der Waals surface area (Å²) >= 11 is 0. The van der Waals surface area contributed by atoms with E-state index in [1.165, 1.54) is 5.56 Å². The van der Waals surface area contributed by atoms with Crippen molar-refractivity contribution in [1.82, 2.24) is 0 Å². The van der Waals surface area contributed by atoms with Crippen LogP contribution in [-0.4, -0.2) is 0 Å². The van der Waals surface area contributed by atoms with Gasteiger partial charge < -0.3 is 4.74 Å². The Bertz CT molecular complexity index is 246. The van der Waals surface area contributed by atoms with Crippen molar-refractivity contribution in [2.24, 2.45) is 0 Å². The van der Waals surface area contributed by atoms with Gasteiger partial charge in [0.1, 0.15) is 0 Å². The molecule has 1 rings (SSSR count). The summed E-state index contributed by atoms with van der Waals surface area (Å²) in [7, 11) is 3.32. The van der Waals surface area contributed by atoms with Crippen molar-refractivity contribution >= 4 is 0 Å². The maximum Gasteiger partial charge on any atom is 2.00 e. The Morgan fingerprint density at radius 3 is 2.23 bits per heavy atom. The largest absolute Gasteiger partial charge is 2.00 e. The van der Waals surface area contributed by atoms with Gasteiger partial charge in [0, 0.05) is 0 Å². The van der Waals surface area contributed by atoms with Gasteiger partial charge >= 0.3 is 18.6 Å². The molecular formula is C11H14OV. The van der Waals surface area contributed by atoms with Crippen molar-refractivity contribution in [1.29, 1.82) is 0 Å². The van der Waals surface area contributed by atoms with Crippen LogP contribution in [0.5, 0.6) is 5.75 Å². The predicted molar refractivity (Wildman–Crippen MR) is 50.0 cm³/mol. The van der Waals surface area contributed by atoms with E-state index >= 15 is 0 Å². The summed E-state index contributed by atoms with van der Waals surface area (Å²) in [5.41, 5.74) is 1.43. The first-order valence-corrected chi connectivity index (χ1v) is 3.98. The fourth-order valence-electron chi connectivity index (χ4n) is 0.967. The third kappa shape index (κ3) is 3.45. The monoisotopic (exact) mass is 213 g/mol. The third-order valence-corrected chi connectivity index (χ3v) is 1.81. The van der Waals surface area contributed by atoms with E-state index in [1.54, 1.807) is 0 Å². The Morgan fingerprint density at radius 2 is 1.92 bits per heavy atom. The van der Waals surface area contributed by atoms with Crippen LogP contribution in [0.3, 0.4) is 0 Å². The molecule has 1 aromatic carbocycles. The second-order valence-electron chi connectivity index (χ2n) is 3.84. The van der Waals surface area contributed by atoms with Gasteiger partial charge in [0.05, 0.1) is 0 Å². The Labute approximate surface area is 92.4 Å². The molecular weight excluding hydrogens is 199 g/mol. The molecule has 0 saturated carbocycles. The molecule has 0 saturated heterocycles. The van der Waals surface area contributed by atoms with Crippen LogP contribution in [0.15, 0.2) is 18.2 Å². The van der Waals surface area contributed by atoms with Crippen molar-refractivity contribution < 1.29 is 23.3 Å². The molecule has 0 aliphatic rings. The van der Waals surface area contributed by atoms with Crippen LogP contribution in [0.2, 0.25) is 0 Å². The maximum atomic E-state index is 4.78. The van der Waals surface area contributed by atoms with Crippen LogP contribution in [0.25, 0.3) is 0 Å². The molecule has 0 aliphatic carbocycles. The minimum absolute atomic E-state index is 0. The molecule has 1 radical (unpaired) electrons. The van der Waals surface area contributed by atoms with E-state index in [0.29, 0.717) is 5.75 Å². The molecule has 0 unspecified atom stereocenters. The minimum atomic E-state index is 0. The van der Waals surface area contributed by atoms with Crippen LogP contribution in [-0.2, 0) is 24.0 Å². The van der Waals surface area contributed by atoms with Crippen molar-refractivity contribution in [3.8, 4) is 5.75 Å². The molecule has 1 nitrogen and oxygen atoms in total. The first-order valence-electron chi connectivity index (χ1n) is 3.98. The van der Waals surface area contributed by atoms with E-state index < -0.39 is 0 Å². The molecule has 69 valence electrons. The van der Waals surface area contributed by atoms with E-state index in [4.69, 9.17) is 4.74 Å². The molecule has 0 amide bonds. The van der Waals surface area contributed by atoms with Crippen LogP contribution >= 0.6 is 0 Å². The molecule has 0 N–H and O–H groups in total. The number of hydrogen-bond acceptors (Lipinski definition) is 1. The van der Waals surface area contributed by atoms with Gasteiger partial charge in [0.15, 0.2) is 0 Å². The number of rotatable bonds is 1. The number of hydrogen-bond donors (Lipinski definition) is 0. The van der Waals surface area contributed by atoms with Crippen LogP contribution in [0.4, 0.5) is 0 Å². The molecule has 0 bridgehead atoms. The van der Waals surface area contributed by atoms with Crippen LogP contribution in [0, 0.1) is 13.2 Å². The molecule has 2 heteroatoms. The second kappa shape index (κ2) is 4.73. The van der Waals surface area contributed by atoms with Crippen LogP contribution in [0.1, 0.15) is 26.3 Å². The molecule has 13 heavy (non-hydrogen) atoms. The van der Waals surface area contributed by atoms with E-state index in [-0.39, 0.29) is 24.0 Å². The fourth-order valence-corrected chi connectivity index (χ4v) is 0.967. The van der Waals surface area contributed by atoms with Crippen molar-refractivity contribution in [2.45, 2.75) is 26.2 Å². The second-order valence-corrected chi connectivity index (χ2v) is 3.84. The van der Waals surface area contributed by atoms with E-state index in [0.717, 1.165) is 0 Å². The molecule has 0 spiro atoms. The zero-order valence-electron chi connectivity index (χ0n) is 8.29. The molecule has 0 heterocycles. The van der Waals surface area contributed by atoms with Gasteiger partial charge in [-0.2, -0.15) is 24.8 Å².